The summed E-state index contributed by atoms with van der Waals surface area (Å²) in [6.07, 6.45) is 4.80. The van der Waals surface area contributed by atoms with Crippen LogP contribution in [0.15, 0.2) is 24.3 Å². The monoisotopic (exact) mass is 418 g/mol. The first-order valence-electron chi connectivity index (χ1n) is 10.9. The van der Waals surface area contributed by atoms with E-state index < -0.39 is 18.2 Å². The molecule has 0 saturated carbocycles. The molecular weight excluding hydrogens is 381 g/mol. The molecule has 1 unspecified atom stereocenters. The first-order chi connectivity index (χ1) is 13.9. The number of benzene rings is 1. The Labute approximate surface area is 173 Å². The highest BCUT2D eigenvalue weighted by molar-refractivity contribution is 5.26. The maximum atomic E-state index is 13.0. The van der Waals surface area contributed by atoms with E-state index in [4.69, 9.17) is 14.2 Å². The van der Waals surface area contributed by atoms with Gasteiger partial charge in [-0.15, -0.1) is 0 Å². The van der Waals surface area contributed by atoms with Gasteiger partial charge in [0.25, 0.3) is 6.48 Å². The summed E-state index contributed by atoms with van der Waals surface area (Å²) >= 11 is 0. The minimum atomic E-state index is -4.34. The second-order valence-electron chi connectivity index (χ2n) is 7.27. The number of unbranched alkanes of at least 4 members (excludes halogenated alkanes) is 6. The second-order valence-corrected chi connectivity index (χ2v) is 7.27. The first kappa shape index (κ1) is 25.9. The molecule has 0 aliphatic rings. The van der Waals surface area contributed by atoms with Crippen LogP contribution < -0.4 is 0 Å². The van der Waals surface area contributed by atoms with Crippen LogP contribution in [0.4, 0.5) is 13.2 Å². The molecule has 0 saturated heterocycles. The fourth-order valence-electron chi connectivity index (χ4n) is 3.24. The zero-order valence-electron chi connectivity index (χ0n) is 18.1. The van der Waals surface area contributed by atoms with Crippen molar-refractivity contribution < 1.29 is 27.4 Å². The average Bonchev–Trinajstić information content (AvgIpc) is 2.67. The van der Waals surface area contributed by atoms with Crippen LogP contribution >= 0.6 is 0 Å². The summed E-state index contributed by atoms with van der Waals surface area (Å²) in [4.78, 5) is 0. The van der Waals surface area contributed by atoms with E-state index in [0.29, 0.717) is 25.2 Å². The molecule has 0 bridgehead atoms. The van der Waals surface area contributed by atoms with Gasteiger partial charge in [-0.2, -0.15) is 13.2 Å². The molecule has 0 spiro atoms. The smallest absolute Gasteiger partial charge is 0.330 e. The molecule has 0 fully saturated rings. The highest BCUT2D eigenvalue weighted by atomic mass is 19.4. The Morgan fingerprint density at radius 2 is 1.48 bits per heavy atom. The lowest BCUT2D eigenvalue weighted by molar-refractivity contribution is -0.301. The fourth-order valence-corrected chi connectivity index (χ4v) is 3.24. The average molecular weight is 419 g/mol. The van der Waals surface area contributed by atoms with Gasteiger partial charge in [-0.3, -0.25) is 0 Å². The van der Waals surface area contributed by atoms with Crippen molar-refractivity contribution in [1.29, 1.82) is 0 Å². The van der Waals surface area contributed by atoms with E-state index in [1.54, 1.807) is 6.07 Å². The normalized spacial score (nSPS) is 13.2. The summed E-state index contributed by atoms with van der Waals surface area (Å²) in [6, 6.07) is 5.47. The number of rotatable bonds is 16. The summed E-state index contributed by atoms with van der Waals surface area (Å²) < 4.78 is 56.0. The summed E-state index contributed by atoms with van der Waals surface area (Å²) in [5.41, 5.74) is -0.0182. The van der Waals surface area contributed by atoms with Crippen molar-refractivity contribution >= 4 is 0 Å². The third kappa shape index (κ3) is 11.6. The van der Waals surface area contributed by atoms with E-state index in [-0.39, 0.29) is 6.10 Å². The van der Waals surface area contributed by atoms with Gasteiger partial charge in [0.2, 0.25) is 0 Å². The Bertz CT molecular complexity index is 528. The van der Waals surface area contributed by atoms with Crippen LogP contribution in [-0.4, -0.2) is 25.8 Å². The van der Waals surface area contributed by atoms with Gasteiger partial charge in [0, 0.05) is 13.2 Å². The second kappa shape index (κ2) is 14.8. The van der Waals surface area contributed by atoms with E-state index in [1.165, 1.54) is 44.2 Å². The van der Waals surface area contributed by atoms with Crippen LogP contribution in [0.2, 0.25) is 0 Å². The molecule has 0 amide bonds. The highest BCUT2D eigenvalue weighted by Crippen LogP contribution is 2.30. The standard InChI is InChI=1S/C23H37F3O3/c1-4-7-8-9-10-11-12-16-21(29-22(27-5-2)28-6-3)18-19-14-13-15-20(17-19)23(24,25)26/h13-15,17,21-22H,4-12,16,18H2,1-3H3. The van der Waals surface area contributed by atoms with Crippen molar-refractivity contribution in [1.82, 2.24) is 0 Å². The minimum absolute atomic E-state index is 0.253. The van der Waals surface area contributed by atoms with Crippen LogP contribution in [0.1, 0.15) is 83.3 Å². The van der Waals surface area contributed by atoms with Gasteiger partial charge in [0.1, 0.15) is 0 Å². The summed E-state index contributed by atoms with van der Waals surface area (Å²) in [5, 5.41) is 0. The Morgan fingerprint density at radius 3 is 2.07 bits per heavy atom. The molecule has 0 aliphatic carbocycles. The predicted octanol–water partition coefficient (Wildman–Crippen LogP) is 7.13. The summed E-state index contributed by atoms with van der Waals surface area (Å²) in [7, 11) is 0. The van der Waals surface area contributed by atoms with E-state index in [1.807, 2.05) is 13.8 Å². The summed E-state index contributed by atoms with van der Waals surface area (Å²) in [5.74, 6) is 0. The Balaban J connectivity index is 2.68. The molecule has 6 heteroatoms. The molecular formula is C23H37F3O3. The van der Waals surface area contributed by atoms with Crippen molar-refractivity contribution in [3.05, 3.63) is 35.4 Å². The van der Waals surface area contributed by atoms with Gasteiger partial charge in [-0.25, -0.2) is 0 Å². The number of alkyl halides is 3. The van der Waals surface area contributed by atoms with Crippen molar-refractivity contribution in [2.45, 2.75) is 97.3 Å². The van der Waals surface area contributed by atoms with Gasteiger partial charge in [0.05, 0.1) is 11.7 Å². The van der Waals surface area contributed by atoms with Crippen molar-refractivity contribution in [2.75, 3.05) is 13.2 Å². The van der Waals surface area contributed by atoms with E-state index in [2.05, 4.69) is 6.92 Å². The topological polar surface area (TPSA) is 27.7 Å². The Morgan fingerprint density at radius 1 is 0.862 bits per heavy atom. The molecule has 0 N–H and O–H groups in total. The zero-order valence-corrected chi connectivity index (χ0v) is 18.1. The lowest BCUT2D eigenvalue weighted by Gasteiger charge is -2.25. The van der Waals surface area contributed by atoms with Gasteiger partial charge >= 0.3 is 6.18 Å². The van der Waals surface area contributed by atoms with Crippen molar-refractivity contribution in [2.24, 2.45) is 0 Å². The lowest BCUT2D eigenvalue weighted by atomic mass is 10.00. The van der Waals surface area contributed by atoms with Crippen molar-refractivity contribution in [3.8, 4) is 0 Å². The van der Waals surface area contributed by atoms with Crippen LogP contribution in [0.5, 0.6) is 0 Å². The number of hydrogen-bond acceptors (Lipinski definition) is 3. The van der Waals surface area contributed by atoms with Crippen LogP contribution in [0.25, 0.3) is 0 Å². The fraction of sp³-hybridized carbons (Fsp3) is 0.739. The SMILES string of the molecule is CCCCCCCCCC(Cc1cccc(C(F)(F)F)c1)OC(OCC)OCC. The molecule has 3 nitrogen and oxygen atoms in total. The molecule has 0 radical (unpaired) electrons. The van der Waals surface area contributed by atoms with Gasteiger partial charge in [-0.1, -0.05) is 70.1 Å². The third-order valence-electron chi connectivity index (χ3n) is 4.76. The van der Waals surface area contributed by atoms with E-state index >= 15 is 0 Å². The molecule has 1 aromatic rings. The molecule has 0 aliphatic heterocycles. The molecule has 0 aromatic heterocycles. The minimum Gasteiger partial charge on any atom is -0.330 e. The van der Waals surface area contributed by atoms with Gasteiger partial charge in [0.15, 0.2) is 0 Å². The highest BCUT2D eigenvalue weighted by Gasteiger charge is 2.30. The molecule has 1 rings (SSSR count). The number of hydrogen-bond donors (Lipinski definition) is 0. The number of ether oxygens (including phenoxy) is 3. The maximum absolute atomic E-state index is 13.0. The van der Waals surface area contributed by atoms with Crippen LogP contribution in [0.3, 0.4) is 0 Å². The largest absolute Gasteiger partial charge is 0.416 e. The van der Waals surface area contributed by atoms with Gasteiger partial charge < -0.3 is 14.2 Å². The molecule has 0 heterocycles. The quantitative estimate of drug-likeness (QED) is 0.211. The maximum Gasteiger partial charge on any atom is 0.416 e. The van der Waals surface area contributed by atoms with Crippen LogP contribution in [0, 0.1) is 0 Å². The Kier molecular flexibility index (Phi) is 13.2. The lowest BCUT2D eigenvalue weighted by Crippen LogP contribution is -2.29. The molecule has 1 atom stereocenters. The Hall–Kier alpha value is -1.11. The predicted molar refractivity (Wildman–Crippen MR) is 110 cm³/mol. The first-order valence-corrected chi connectivity index (χ1v) is 10.9. The van der Waals surface area contributed by atoms with E-state index in [0.717, 1.165) is 25.3 Å². The van der Waals surface area contributed by atoms with E-state index in [9.17, 15) is 13.2 Å². The zero-order chi connectivity index (χ0) is 21.5. The van der Waals surface area contributed by atoms with Gasteiger partial charge in [-0.05, 0) is 38.3 Å². The molecule has 1 aromatic carbocycles. The third-order valence-corrected chi connectivity index (χ3v) is 4.76. The molecule has 29 heavy (non-hydrogen) atoms. The molecule has 168 valence electrons. The summed E-state index contributed by atoms with van der Waals surface area (Å²) in [6.45, 7) is 6.01. The van der Waals surface area contributed by atoms with Crippen LogP contribution in [-0.2, 0) is 26.8 Å². The van der Waals surface area contributed by atoms with Crippen molar-refractivity contribution in [3.63, 3.8) is 0 Å². The number of halogens is 3.